The summed E-state index contributed by atoms with van der Waals surface area (Å²) in [4.78, 5) is 12.0. The molecule has 4 bridgehead atoms. The van der Waals surface area contributed by atoms with E-state index in [0.717, 1.165) is 32.1 Å². The standard InChI is InChI=1S/C17H26O4/c1-4-19-11-20-16-6-13-5-14(7-16)9-17(8-13,10-16)21-15(18)12(2)3/h13-14H,2,4-11H2,1,3H3. The van der Waals surface area contributed by atoms with Gasteiger partial charge in [-0.2, -0.15) is 0 Å². The van der Waals surface area contributed by atoms with Crippen LogP contribution in [0.15, 0.2) is 12.2 Å². The van der Waals surface area contributed by atoms with Crippen molar-refractivity contribution in [1.82, 2.24) is 0 Å². The largest absolute Gasteiger partial charge is 0.456 e. The van der Waals surface area contributed by atoms with E-state index in [9.17, 15) is 4.79 Å². The molecule has 0 saturated heterocycles. The first-order valence-corrected chi connectivity index (χ1v) is 8.06. The van der Waals surface area contributed by atoms with E-state index in [2.05, 4.69) is 6.58 Å². The second-order valence-electron chi connectivity index (χ2n) is 7.25. The maximum absolute atomic E-state index is 12.0. The van der Waals surface area contributed by atoms with E-state index in [1.807, 2.05) is 6.92 Å². The third-order valence-corrected chi connectivity index (χ3v) is 5.26. The minimum absolute atomic E-state index is 0.144. The molecule has 0 heterocycles. The summed E-state index contributed by atoms with van der Waals surface area (Å²) in [5.74, 6) is 0.980. The summed E-state index contributed by atoms with van der Waals surface area (Å²) < 4.78 is 17.4. The van der Waals surface area contributed by atoms with Crippen LogP contribution in [0.3, 0.4) is 0 Å². The van der Waals surface area contributed by atoms with E-state index >= 15 is 0 Å². The molecule has 4 aliphatic rings. The lowest BCUT2D eigenvalue weighted by atomic mass is 9.52. The number of ether oxygens (including phenoxy) is 3. The van der Waals surface area contributed by atoms with Crippen LogP contribution in [0.5, 0.6) is 0 Å². The van der Waals surface area contributed by atoms with Crippen molar-refractivity contribution in [3.8, 4) is 0 Å². The average molecular weight is 294 g/mol. The van der Waals surface area contributed by atoms with Gasteiger partial charge < -0.3 is 14.2 Å². The van der Waals surface area contributed by atoms with E-state index in [4.69, 9.17) is 14.2 Å². The fraction of sp³-hybridized carbons (Fsp3) is 0.824. The molecule has 21 heavy (non-hydrogen) atoms. The minimum Gasteiger partial charge on any atom is -0.456 e. The van der Waals surface area contributed by atoms with Crippen LogP contribution in [0.4, 0.5) is 0 Å². The van der Waals surface area contributed by atoms with Crippen molar-refractivity contribution in [1.29, 1.82) is 0 Å². The highest BCUT2D eigenvalue weighted by molar-refractivity contribution is 5.87. The molecule has 0 spiro atoms. The molecule has 2 unspecified atom stereocenters. The highest BCUT2D eigenvalue weighted by Crippen LogP contribution is 2.60. The first-order valence-electron chi connectivity index (χ1n) is 8.06. The predicted octanol–water partition coefficient (Wildman–Crippen LogP) is 3.21. The Morgan fingerprint density at radius 3 is 2.38 bits per heavy atom. The highest BCUT2D eigenvalue weighted by Gasteiger charge is 2.60. The zero-order valence-electron chi connectivity index (χ0n) is 13.2. The van der Waals surface area contributed by atoms with Gasteiger partial charge in [-0.3, -0.25) is 0 Å². The highest BCUT2D eigenvalue weighted by atomic mass is 16.7. The van der Waals surface area contributed by atoms with Gasteiger partial charge in [0.05, 0.1) is 5.60 Å². The van der Waals surface area contributed by atoms with Crippen molar-refractivity contribution < 1.29 is 19.0 Å². The first kappa shape index (κ1) is 15.0. The summed E-state index contributed by atoms with van der Waals surface area (Å²) in [6, 6.07) is 0. The molecule has 4 fully saturated rings. The second-order valence-corrected chi connectivity index (χ2v) is 7.25. The van der Waals surface area contributed by atoms with Crippen LogP contribution in [-0.2, 0) is 19.0 Å². The average Bonchev–Trinajstić information content (AvgIpc) is 2.36. The molecular formula is C17H26O4. The van der Waals surface area contributed by atoms with Crippen LogP contribution in [0.1, 0.15) is 52.4 Å². The van der Waals surface area contributed by atoms with Crippen molar-refractivity contribution in [3.63, 3.8) is 0 Å². The lowest BCUT2D eigenvalue weighted by Crippen LogP contribution is -2.61. The van der Waals surface area contributed by atoms with Crippen molar-refractivity contribution in [3.05, 3.63) is 12.2 Å². The van der Waals surface area contributed by atoms with Gasteiger partial charge in [-0.25, -0.2) is 4.79 Å². The van der Waals surface area contributed by atoms with Crippen molar-refractivity contribution in [2.75, 3.05) is 13.4 Å². The normalized spacial score (nSPS) is 40.3. The molecular weight excluding hydrogens is 268 g/mol. The SMILES string of the molecule is C=C(C)C(=O)OC12CC3CC(CC(OCOCC)(C3)C1)C2. The fourth-order valence-electron chi connectivity index (χ4n) is 4.92. The van der Waals surface area contributed by atoms with Gasteiger partial charge >= 0.3 is 5.97 Å². The molecule has 0 aromatic heterocycles. The van der Waals surface area contributed by atoms with Gasteiger partial charge in [0.1, 0.15) is 12.4 Å². The van der Waals surface area contributed by atoms with Gasteiger partial charge in [0.2, 0.25) is 0 Å². The predicted molar refractivity (Wildman–Crippen MR) is 78.6 cm³/mol. The Bertz CT molecular complexity index is 428. The van der Waals surface area contributed by atoms with Crippen LogP contribution < -0.4 is 0 Å². The lowest BCUT2D eigenvalue weighted by molar-refractivity contribution is -0.252. The van der Waals surface area contributed by atoms with Crippen LogP contribution >= 0.6 is 0 Å². The zero-order valence-corrected chi connectivity index (χ0v) is 13.2. The Morgan fingerprint density at radius 1 is 1.19 bits per heavy atom. The smallest absolute Gasteiger partial charge is 0.333 e. The lowest BCUT2D eigenvalue weighted by Gasteiger charge is -2.60. The van der Waals surface area contributed by atoms with E-state index in [0.29, 0.717) is 30.8 Å². The monoisotopic (exact) mass is 294 g/mol. The van der Waals surface area contributed by atoms with Crippen molar-refractivity contribution >= 4 is 5.97 Å². The maximum Gasteiger partial charge on any atom is 0.333 e. The van der Waals surface area contributed by atoms with E-state index in [-0.39, 0.29) is 17.2 Å². The number of carbonyl (C=O) groups excluding carboxylic acids is 1. The summed E-state index contributed by atoms with van der Waals surface area (Å²) in [6.45, 7) is 8.40. The third kappa shape index (κ3) is 2.88. The van der Waals surface area contributed by atoms with Crippen molar-refractivity contribution in [2.45, 2.75) is 63.6 Å². The summed E-state index contributed by atoms with van der Waals surface area (Å²) in [5.41, 5.74) is 0.0102. The number of rotatable bonds is 6. The Morgan fingerprint density at radius 2 is 1.81 bits per heavy atom. The van der Waals surface area contributed by atoms with Crippen LogP contribution in [0.25, 0.3) is 0 Å². The molecule has 0 N–H and O–H groups in total. The molecule has 0 aromatic rings. The molecule has 4 heteroatoms. The van der Waals surface area contributed by atoms with E-state index in [1.54, 1.807) is 6.92 Å². The Hall–Kier alpha value is -0.870. The minimum atomic E-state index is -0.327. The topological polar surface area (TPSA) is 44.8 Å². The Balaban J connectivity index is 1.74. The van der Waals surface area contributed by atoms with Gasteiger partial charge in [0, 0.05) is 18.6 Å². The van der Waals surface area contributed by atoms with Crippen LogP contribution in [-0.4, -0.2) is 30.6 Å². The summed E-state index contributed by atoms with van der Waals surface area (Å²) >= 11 is 0. The number of hydrogen-bond donors (Lipinski definition) is 0. The third-order valence-electron chi connectivity index (χ3n) is 5.26. The Labute approximate surface area is 126 Å². The van der Waals surface area contributed by atoms with Gasteiger partial charge in [-0.15, -0.1) is 0 Å². The summed E-state index contributed by atoms with van der Waals surface area (Å²) in [5, 5.41) is 0. The van der Waals surface area contributed by atoms with Gasteiger partial charge in [-0.05, 0) is 57.8 Å². The molecule has 0 aromatic carbocycles. The first-order chi connectivity index (χ1) is 9.96. The molecule has 0 radical (unpaired) electrons. The van der Waals surface area contributed by atoms with E-state index < -0.39 is 0 Å². The quantitative estimate of drug-likeness (QED) is 0.326. The zero-order chi connectivity index (χ0) is 15.1. The van der Waals surface area contributed by atoms with Crippen LogP contribution in [0.2, 0.25) is 0 Å². The molecule has 0 amide bonds. The van der Waals surface area contributed by atoms with E-state index in [1.165, 1.54) is 6.42 Å². The second kappa shape index (κ2) is 5.40. The van der Waals surface area contributed by atoms with Crippen LogP contribution in [0, 0.1) is 11.8 Å². The fourth-order valence-corrected chi connectivity index (χ4v) is 4.92. The molecule has 4 nitrogen and oxygen atoms in total. The van der Waals surface area contributed by atoms with Gasteiger partial charge in [0.15, 0.2) is 0 Å². The molecule has 4 aliphatic carbocycles. The Kier molecular flexibility index (Phi) is 3.87. The molecule has 4 rings (SSSR count). The number of carbonyl (C=O) groups is 1. The van der Waals surface area contributed by atoms with Gasteiger partial charge in [-0.1, -0.05) is 6.58 Å². The molecule has 4 saturated carbocycles. The van der Waals surface area contributed by atoms with Gasteiger partial charge in [0.25, 0.3) is 0 Å². The molecule has 118 valence electrons. The summed E-state index contributed by atoms with van der Waals surface area (Å²) in [7, 11) is 0. The number of esters is 1. The molecule has 0 aliphatic heterocycles. The number of hydrogen-bond acceptors (Lipinski definition) is 4. The summed E-state index contributed by atoms with van der Waals surface area (Å²) in [6.07, 6.45) is 6.22. The maximum atomic E-state index is 12.0. The van der Waals surface area contributed by atoms with Crippen molar-refractivity contribution in [2.24, 2.45) is 11.8 Å². The molecule has 2 atom stereocenters.